The molecular formula is C19H21NO6. The summed E-state index contributed by atoms with van der Waals surface area (Å²) in [5.41, 5.74) is 0.733. The van der Waals surface area contributed by atoms with Crippen molar-refractivity contribution in [3.63, 3.8) is 0 Å². The molecule has 0 unspecified atom stereocenters. The number of methoxy groups -OCH3 is 3. The van der Waals surface area contributed by atoms with Crippen LogP contribution in [-0.4, -0.2) is 44.7 Å². The SMILES string of the molecule is COC(=O)CN(Cc1ccc(OC)cc1OC)C(=O)/C=C/c1ccco1. The maximum Gasteiger partial charge on any atom is 0.325 e. The second-order valence-electron chi connectivity index (χ2n) is 5.30. The van der Waals surface area contributed by atoms with Crippen molar-refractivity contribution in [2.75, 3.05) is 27.9 Å². The van der Waals surface area contributed by atoms with Gasteiger partial charge in [-0.05, 0) is 30.3 Å². The van der Waals surface area contributed by atoms with Gasteiger partial charge in [0.05, 0.1) is 34.1 Å². The van der Waals surface area contributed by atoms with Crippen molar-refractivity contribution >= 4 is 18.0 Å². The highest BCUT2D eigenvalue weighted by Crippen LogP contribution is 2.26. The molecule has 2 rings (SSSR count). The number of rotatable bonds is 8. The maximum absolute atomic E-state index is 12.5. The lowest BCUT2D eigenvalue weighted by atomic mass is 10.1. The fraction of sp³-hybridized carbons (Fsp3) is 0.263. The van der Waals surface area contributed by atoms with Gasteiger partial charge in [0.2, 0.25) is 5.91 Å². The standard InChI is InChI=1S/C19H21NO6/c1-23-16-7-6-14(17(11-16)24-2)12-20(13-19(22)25-3)18(21)9-8-15-5-4-10-26-15/h4-11H,12-13H2,1-3H3/b9-8+. The molecule has 0 atom stereocenters. The molecule has 2 aromatic rings. The van der Waals surface area contributed by atoms with Gasteiger partial charge in [0.1, 0.15) is 23.8 Å². The Labute approximate surface area is 151 Å². The molecule has 0 N–H and O–H groups in total. The van der Waals surface area contributed by atoms with E-state index in [-0.39, 0.29) is 19.0 Å². The van der Waals surface area contributed by atoms with Crippen LogP contribution in [0.2, 0.25) is 0 Å². The van der Waals surface area contributed by atoms with Crippen LogP contribution in [0.1, 0.15) is 11.3 Å². The molecule has 0 aliphatic rings. The van der Waals surface area contributed by atoms with Gasteiger partial charge in [0.25, 0.3) is 0 Å². The van der Waals surface area contributed by atoms with Crippen molar-refractivity contribution in [2.45, 2.75) is 6.54 Å². The minimum Gasteiger partial charge on any atom is -0.497 e. The van der Waals surface area contributed by atoms with E-state index in [0.29, 0.717) is 17.3 Å². The molecule has 0 spiro atoms. The van der Waals surface area contributed by atoms with E-state index >= 15 is 0 Å². The van der Waals surface area contributed by atoms with Crippen LogP contribution in [0.5, 0.6) is 11.5 Å². The van der Waals surface area contributed by atoms with Crippen LogP contribution in [0.4, 0.5) is 0 Å². The maximum atomic E-state index is 12.5. The zero-order valence-electron chi connectivity index (χ0n) is 14.9. The predicted octanol–water partition coefficient (Wildman–Crippen LogP) is 2.51. The zero-order valence-corrected chi connectivity index (χ0v) is 14.9. The number of ether oxygens (including phenoxy) is 3. The van der Waals surface area contributed by atoms with Gasteiger partial charge in [-0.1, -0.05) is 0 Å². The van der Waals surface area contributed by atoms with Crippen molar-refractivity contribution in [1.82, 2.24) is 4.90 Å². The summed E-state index contributed by atoms with van der Waals surface area (Å²) in [5.74, 6) is 0.858. The highest BCUT2D eigenvalue weighted by atomic mass is 16.5. The molecule has 1 heterocycles. The number of carbonyl (C=O) groups excluding carboxylic acids is 2. The molecule has 0 fully saturated rings. The van der Waals surface area contributed by atoms with Crippen LogP contribution in [0.15, 0.2) is 47.1 Å². The van der Waals surface area contributed by atoms with Crippen LogP contribution in [0, 0.1) is 0 Å². The summed E-state index contributed by atoms with van der Waals surface area (Å²) >= 11 is 0. The number of carbonyl (C=O) groups is 2. The second-order valence-corrected chi connectivity index (χ2v) is 5.30. The second kappa shape index (κ2) is 9.31. The van der Waals surface area contributed by atoms with Gasteiger partial charge >= 0.3 is 5.97 Å². The highest BCUT2D eigenvalue weighted by Gasteiger charge is 2.18. The average molecular weight is 359 g/mol. The van der Waals surface area contributed by atoms with E-state index in [0.717, 1.165) is 5.56 Å². The van der Waals surface area contributed by atoms with E-state index in [1.807, 2.05) is 0 Å². The minimum atomic E-state index is -0.516. The molecule has 0 saturated carbocycles. The summed E-state index contributed by atoms with van der Waals surface area (Å²) in [7, 11) is 4.36. The summed E-state index contributed by atoms with van der Waals surface area (Å²) in [6.07, 6.45) is 4.40. The minimum absolute atomic E-state index is 0.170. The quantitative estimate of drug-likeness (QED) is 0.532. The molecule has 7 heteroatoms. The first kappa shape index (κ1) is 19.1. The molecule has 0 saturated heterocycles. The van der Waals surface area contributed by atoms with Crippen LogP contribution in [0.3, 0.4) is 0 Å². The molecule has 7 nitrogen and oxygen atoms in total. The van der Waals surface area contributed by atoms with Gasteiger partial charge in [0.15, 0.2) is 0 Å². The summed E-state index contributed by atoms with van der Waals surface area (Å²) in [6, 6.07) is 8.71. The van der Waals surface area contributed by atoms with E-state index in [4.69, 9.17) is 13.9 Å². The van der Waals surface area contributed by atoms with Gasteiger partial charge in [-0.3, -0.25) is 9.59 Å². The Morgan fingerprint density at radius 1 is 1.15 bits per heavy atom. The van der Waals surface area contributed by atoms with Gasteiger partial charge in [0, 0.05) is 17.7 Å². The Bertz CT molecular complexity index is 766. The molecule has 0 aliphatic heterocycles. The number of hydrogen-bond donors (Lipinski definition) is 0. The first-order chi connectivity index (χ1) is 12.6. The lowest BCUT2D eigenvalue weighted by molar-refractivity contribution is -0.145. The summed E-state index contributed by atoms with van der Waals surface area (Å²) < 4.78 is 20.4. The van der Waals surface area contributed by atoms with Crippen molar-refractivity contribution in [2.24, 2.45) is 0 Å². The Balaban J connectivity index is 2.21. The lowest BCUT2D eigenvalue weighted by Crippen LogP contribution is -2.34. The number of furan rings is 1. The Morgan fingerprint density at radius 3 is 2.58 bits per heavy atom. The fourth-order valence-corrected chi connectivity index (χ4v) is 2.27. The molecule has 0 aliphatic carbocycles. The monoisotopic (exact) mass is 359 g/mol. The van der Waals surface area contributed by atoms with E-state index in [1.54, 1.807) is 37.4 Å². The van der Waals surface area contributed by atoms with Crippen molar-refractivity contribution in [3.05, 3.63) is 54.0 Å². The van der Waals surface area contributed by atoms with E-state index in [1.165, 1.54) is 37.5 Å². The molecule has 0 bridgehead atoms. The van der Waals surface area contributed by atoms with Crippen LogP contribution in [0.25, 0.3) is 6.08 Å². The largest absolute Gasteiger partial charge is 0.497 e. The van der Waals surface area contributed by atoms with Gasteiger partial charge < -0.3 is 23.5 Å². The number of nitrogens with zero attached hydrogens (tertiary/aromatic N) is 1. The van der Waals surface area contributed by atoms with Gasteiger partial charge in [-0.15, -0.1) is 0 Å². The van der Waals surface area contributed by atoms with Crippen LogP contribution < -0.4 is 9.47 Å². The molecule has 138 valence electrons. The number of hydrogen-bond acceptors (Lipinski definition) is 6. The molecule has 1 aromatic carbocycles. The molecule has 0 radical (unpaired) electrons. The molecule has 1 amide bonds. The van der Waals surface area contributed by atoms with Gasteiger partial charge in [-0.2, -0.15) is 0 Å². The van der Waals surface area contributed by atoms with Crippen molar-refractivity contribution < 1.29 is 28.2 Å². The van der Waals surface area contributed by atoms with E-state index in [2.05, 4.69) is 4.74 Å². The topological polar surface area (TPSA) is 78.2 Å². The van der Waals surface area contributed by atoms with E-state index in [9.17, 15) is 9.59 Å². The fourth-order valence-electron chi connectivity index (χ4n) is 2.27. The van der Waals surface area contributed by atoms with Crippen molar-refractivity contribution in [1.29, 1.82) is 0 Å². The lowest BCUT2D eigenvalue weighted by Gasteiger charge is -2.21. The summed E-state index contributed by atoms with van der Waals surface area (Å²) in [4.78, 5) is 25.6. The first-order valence-electron chi connectivity index (χ1n) is 7.85. The van der Waals surface area contributed by atoms with Crippen LogP contribution in [-0.2, 0) is 20.9 Å². The first-order valence-corrected chi connectivity index (χ1v) is 7.85. The third kappa shape index (κ3) is 5.14. The molecular weight excluding hydrogens is 338 g/mol. The Morgan fingerprint density at radius 2 is 1.96 bits per heavy atom. The normalized spacial score (nSPS) is 10.6. The molecule has 26 heavy (non-hydrogen) atoms. The summed E-state index contributed by atoms with van der Waals surface area (Å²) in [6.45, 7) is -0.0173. The Hall–Kier alpha value is -3.22. The number of benzene rings is 1. The highest BCUT2D eigenvalue weighted by molar-refractivity contribution is 5.93. The number of esters is 1. The average Bonchev–Trinajstić information content (AvgIpc) is 3.19. The summed E-state index contributed by atoms with van der Waals surface area (Å²) in [5, 5.41) is 0. The smallest absolute Gasteiger partial charge is 0.325 e. The molecule has 1 aromatic heterocycles. The third-order valence-electron chi connectivity index (χ3n) is 3.65. The predicted molar refractivity (Wildman–Crippen MR) is 94.7 cm³/mol. The van der Waals surface area contributed by atoms with Crippen molar-refractivity contribution in [3.8, 4) is 11.5 Å². The number of amides is 1. The van der Waals surface area contributed by atoms with E-state index < -0.39 is 5.97 Å². The van der Waals surface area contributed by atoms with Crippen LogP contribution >= 0.6 is 0 Å². The zero-order chi connectivity index (χ0) is 18.9. The Kier molecular flexibility index (Phi) is 6.84. The third-order valence-corrected chi connectivity index (χ3v) is 3.65. The van der Waals surface area contributed by atoms with Gasteiger partial charge in [-0.25, -0.2) is 0 Å².